The highest BCUT2D eigenvalue weighted by molar-refractivity contribution is 5.77. The molecule has 0 aliphatic carbocycles. The third-order valence-corrected chi connectivity index (χ3v) is 8.69. The van der Waals surface area contributed by atoms with Gasteiger partial charge in [0.2, 0.25) is 0 Å². The van der Waals surface area contributed by atoms with Gasteiger partial charge < -0.3 is 29.8 Å². The minimum atomic E-state index is -0.904. The van der Waals surface area contributed by atoms with Crippen LogP contribution in [0.5, 0.6) is 5.75 Å². The molecule has 45 heavy (non-hydrogen) atoms. The highest BCUT2D eigenvalue weighted by Gasteiger charge is 2.29. The molecule has 1 amide bonds. The molecule has 5 heterocycles. The van der Waals surface area contributed by atoms with Gasteiger partial charge in [-0.3, -0.25) is 4.90 Å². The molecule has 0 spiro atoms. The Labute approximate surface area is 261 Å². The molecule has 1 aromatic carbocycles. The van der Waals surface area contributed by atoms with Gasteiger partial charge in [-0.05, 0) is 50.7 Å². The third-order valence-electron chi connectivity index (χ3n) is 8.69. The molecule has 13 heteroatoms. The fraction of sp³-hybridized carbons (Fsp3) is 0.438. The predicted octanol–water partition coefficient (Wildman–Crippen LogP) is 3.47. The topological polar surface area (TPSA) is 117 Å². The standard InChI is InChI=1S/C32H40FN9O3/c1-37(2)11-16-41(24-6-4-10-40(21-24)32(44)45)30-8-9-34-31(36-30)26-19-35-42-22-29(27(33)18-28(26)42)39-14-12-38(13-15-39)20-23-5-3-7-25(43)17-23/h3,5,7-9,17-19,22,24,43H,4,6,10-16,20-21H2,1-2H3,(H,44,45)/t24-/m1/s1. The normalized spacial score (nSPS) is 17.7. The van der Waals surface area contributed by atoms with E-state index >= 15 is 4.39 Å². The number of carbonyl (C=O) groups is 1. The van der Waals surface area contributed by atoms with Gasteiger partial charge in [0.05, 0.1) is 29.2 Å². The number of likely N-dealkylation sites (N-methyl/N-ethyl adjacent to an activating group) is 1. The predicted molar refractivity (Wildman–Crippen MR) is 170 cm³/mol. The number of fused-ring (bicyclic) bond motifs is 1. The molecule has 3 aromatic heterocycles. The number of amides is 1. The lowest BCUT2D eigenvalue weighted by atomic mass is 10.0. The molecular weight excluding hydrogens is 577 g/mol. The minimum absolute atomic E-state index is 0.0123. The van der Waals surface area contributed by atoms with E-state index in [4.69, 9.17) is 4.98 Å². The van der Waals surface area contributed by atoms with Crippen molar-refractivity contribution in [3.8, 4) is 17.1 Å². The van der Waals surface area contributed by atoms with E-state index in [0.717, 1.165) is 44.6 Å². The molecule has 1 atom stereocenters. The smallest absolute Gasteiger partial charge is 0.407 e. The molecule has 2 aliphatic heterocycles. The van der Waals surface area contributed by atoms with Crippen molar-refractivity contribution in [2.24, 2.45) is 0 Å². The number of likely N-dealkylation sites (tertiary alicyclic amines) is 1. The molecule has 12 nitrogen and oxygen atoms in total. The van der Waals surface area contributed by atoms with E-state index in [0.29, 0.717) is 61.1 Å². The summed E-state index contributed by atoms with van der Waals surface area (Å²) in [6.07, 6.45) is 5.85. The maximum absolute atomic E-state index is 15.7. The number of hydrogen-bond acceptors (Lipinski definition) is 9. The summed E-state index contributed by atoms with van der Waals surface area (Å²) in [7, 11) is 4.01. The van der Waals surface area contributed by atoms with Gasteiger partial charge in [-0.25, -0.2) is 23.7 Å². The lowest BCUT2D eigenvalue weighted by molar-refractivity contribution is 0.129. The molecule has 0 unspecified atom stereocenters. The quantitative estimate of drug-likeness (QED) is 0.289. The lowest BCUT2D eigenvalue weighted by Gasteiger charge is -2.39. The number of halogens is 1. The molecule has 4 aromatic rings. The van der Waals surface area contributed by atoms with E-state index in [1.54, 1.807) is 35.2 Å². The Morgan fingerprint density at radius 3 is 2.67 bits per heavy atom. The van der Waals surface area contributed by atoms with Crippen LogP contribution < -0.4 is 9.80 Å². The Balaban J connectivity index is 1.20. The molecule has 0 radical (unpaired) electrons. The van der Waals surface area contributed by atoms with Gasteiger partial charge >= 0.3 is 6.09 Å². The number of rotatable bonds is 9. The summed E-state index contributed by atoms with van der Waals surface area (Å²) in [5.41, 5.74) is 2.75. The van der Waals surface area contributed by atoms with E-state index in [9.17, 15) is 15.0 Å². The van der Waals surface area contributed by atoms with Gasteiger partial charge in [0, 0.05) is 77.2 Å². The number of anilines is 2. The van der Waals surface area contributed by atoms with Crippen LogP contribution in [0.15, 0.2) is 55.0 Å². The number of pyridine rings is 1. The Kier molecular flexibility index (Phi) is 8.99. The Bertz CT molecular complexity index is 1640. The monoisotopic (exact) mass is 617 g/mol. The van der Waals surface area contributed by atoms with Crippen LogP contribution in [0.4, 0.5) is 20.7 Å². The van der Waals surface area contributed by atoms with Gasteiger partial charge in [0.25, 0.3) is 0 Å². The molecule has 6 rings (SSSR count). The first kappa shape index (κ1) is 30.5. The maximum Gasteiger partial charge on any atom is 0.407 e. The second kappa shape index (κ2) is 13.2. The summed E-state index contributed by atoms with van der Waals surface area (Å²) in [4.78, 5) is 31.2. The number of piperidine rings is 1. The van der Waals surface area contributed by atoms with Crippen molar-refractivity contribution in [1.29, 1.82) is 0 Å². The fourth-order valence-electron chi connectivity index (χ4n) is 6.27. The number of nitrogens with zero attached hydrogens (tertiary/aromatic N) is 9. The van der Waals surface area contributed by atoms with Crippen molar-refractivity contribution in [2.75, 3.05) is 76.3 Å². The van der Waals surface area contributed by atoms with Crippen LogP contribution in [-0.4, -0.2) is 123 Å². The van der Waals surface area contributed by atoms with Crippen LogP contribution in [0.1, 0.15) is 18.4 Å². The van der Waals surface area contributed by atoms with Crippen LogP contribution >= 0.6 is 0 Å². The highest BCUT2D eigenvalue weighted by atomic mass is 19.1. The van der Waals surface area contributed by atoms with Crippen molar-refractivity contribution in [2.45, 2.75) is 25.4 Å². The van der Waals surface area contributed by atoms with E-state index in [1.165, 1.54) is 11.0 Å². The van der Waals surface area contributed by atoms with Crippen LogP contribution in [0, 0.1) is 5.82 Å². The minimum Gasteiger partial charge on any atom is -0.508 e. The number of aromatic nitrogens is 4. The van der Waals surface area contributed by atoms with E-state index in [2.05, 4.69) is 24.8 Å². The van der Waals surface area contributed by atoms with Gasteiger partial charge in [-0.15, -0.1) is 0 Å². The van der Waals surface area contributed by atoms with E-state index in [1.807, 2.05) is 37.2 Å². The zero-order chi connectivity index (χ0) is 31.5. The van der Waals surface area contributed by atoms with E-state index < -0.39 is 6.09 Å². The van der Waals surface area contributed by atoms with Crippen LogP contribution in [0.2, 0.25) is 0 Å². The first-order chi connectivity index (χ1) is 21.7. The number of carboxylic acid groups (broad SMARTS) is 1. The SMILES string of the molecule is CN(C)CCN(c1ccnc(-c2cnn3cc(N4CCN(Cc5cccc(O)c5)CC4)c(F)cc23)n1)[C@@H]1CCCN(C(=O)O)C1. The lowest BCUT2D eigenvalue weighted by Crippen LogP contribution is -2.51. The Morgan fingerprint density at radius 1 is 1.09 bits per heavy atom. The van der Waals surface area contributed by atoms with Crippen LogP contribution in [0.25, 0.3) is 16.9 Å². The van der Waals surface area contributed by atoms with Gasteiger partial charge in [0.15, 0.2) is 5.82 Å². The molecule has 0 bridgehead atoms. The van der Waals surface area contributed by atoms with Crippen molar-refractivity contribution in [3.63, 3.8) is 0 Å². The zero-order valence-corrected chi connectivity index (χ0v) is 25.8. The molecule has 238 valence electrons. The second-order valence-electron chi connectivity index (χ2n) is 12.1. The number of piperazine rings is 1. The molecule has 2 fully saturated rings. The maximum atomic E-state index is 15.7. The van der Waals surface area contributed by atoms with E-state index in [-0.39, 0.29) is 17.6 Å². The summed E-state index contributed by atoms with van der Waals surface area (Å²) < 4.78 is 17.3. The summed E-state index contributed by atoms with van der Waals surface area (Å²) >= 11 is 0. The number of hydrogen-bond donors (Lipinski definition) is 2. The molecule has 2 N–H and O–H groups in total. The van der Waals surface area contributed by atoms with Crippen molar-refractivity contribution in [3.05, 3.63) is 66.4 Å². The second-order valence-corrected chi connectivity index (χ2v) is 12.1. The van der Waals surface area contributed by atoms with Gasteiger partial charge in [-0.1, -0.05) is 12.1 Å². The first-order valence-electron chi connectivity index (χ1n) is 15.4. The summed E-state index contributed by atoms with van der Waals surface area (Å²) in [5.74, 6) is 1.08. The molecule has 2 aliphatic rings. The first-order valence-corrected chi connectivity index (χ1v) is 15.4. The largest absolute Gasteiger partial charge is 0.508 e. The van der Waals surface area contributed by atoms with Crippen molar-refractivity contribution < 1.29 is 19.4 Å². The number of aromatic hydroxyl groups is 1. The number of phenolic OH excluding ortho intramolecular Hbond substituents is 1. The Hall–Kier alpha value is -4.49. The summed E-state index contributed by atoms with van der Waals surface area (Å²) in [6.45, 7) is 6.02. The van der Waals surface area contributed by atoms with Crippen LogP contribution in [0.3, 0.4) is 0 Å². The van der Waals surface area contributed by atoms with Crippen LogP contribution in [-0.2, 0) is 6.54 Å². The Morgan fingerprint density at radius 2 is 1.91 bits per heavy atom. The summed E-state index contributed by atoms with van der Waals surface area (Å²) in [5, 5.41) is 23.9. The van der Waals surface area contributed by atoms with Crippen molar-refractivity contribution >= 4 is 23.1 Å². The molecule has 2 saturated heterocycles. The average molecular weight is 618 g/mol. The average Bonchev–Trinajstić information content (AvgIpc) is 3.44. The third kappa shape index (κ3) is 6.94. The van der Waals surface area contributed by atoms with Gasteiger partial charge in [0.1, 0.15) is 17.4 Å². The number of phenols is 1. The fourth-order valence-corrected chi connectivity index (χ4v) is 6.27. The number of benzene rings is 1. The summed E-state index contributed by atoms with van der Waals surface area (Å²) in [6, 6.07) is 10.6. The van der Waals surface area contributed by atoms with Gasteiger partial charge in [-0.2, -0.15) is 5.10 Å². The molecule has 0 saturated carbocycles. The van der Waals surface area contributed by atoms with Crippen molar-refractivity contribution in [1.82, 2.24) is 34.3 Å². The highest BCUT2D eigenvalue weighted by Crippen LogP contribution is 2.29. The zero-order valence-electron chi connectivity index (χ0n) is 25.8. The molecular formula is C32H40FN9O3.